The first-order valence-corrected chi connectivity index (χ1v) is 9.10. The van der Waals surface area contributed by atoms with Crippen LogP contribution >= 0.6 is 11.8 Å². The molecular weight excluding hydrogens is 316 g/mol. The lowest BCUT2D eigenvalue weighted by molar-refractivity contribution is -0.115. The standard InChI is InChI=1S/C20H20N2OS/c1-13-15-8-4-5-9-17(15)21-14(2)16(13)12-20(23)22-18-10-6-7-11-19(18)24-3/h4-11H,12H2,1-3H3,(H,22,23). The van der Waals surface area contributed by atoms with Gasteiger partial charge in [-0.25, -0.2) is 0 Å². The molecule has 0 bridgehead atoms. The zero-order valence-electron chi connectivity index (χ0n) is 14.1. The van der Waals surface area contributed by atoms with Crippen molar-refractivity contribution in [2.75, 3.05) is 11.6 Å². The number of thioether (sulfide) groups is 1. The first-order chi connectivity index (χ1) is 11.6. The number of nitrogens with zero attached hydrogens (tertiary/aromatic N) is 1. The largest absolute Gasteiger partial charge is 0.325 e. The molecule has 4 heteroatoms. The number of fused-ring (bicyclic) bond motifs is 1. The Balaban J connectivity index is 1.88. The number of amides is 1. The average Bonchev–Trinajstić information content (AvgIpc) is 2.59. The van der Waals surface area contributed by atoms with Crippen molar-refractivity contribution in [2.45, 2.75) is 25.2 Å². The highest BCUT2D eigenvalue weighted by Gasteiger charge is 2.14. The quantitative estimate of drug-likeness (QED) is 0.699. The fraction of sp³-hybridized carbons (Fsp3) is 0.200. The van der Waals surface area contributed by atoms with Gasteiger partial charge in [0, 0.05) is 16.0 Å². The number of rotatable bonds is 4. The smallest absolute Gasteiger partial charge is 0.228 e. The molecule has 0 saturated heterocycles. The lowest BCUT2D eigenvalue weighted by Crippen LogP contribution is -2.17. The molecule has 0 spiro atoms. The van der Waals surface area contributed by atoms with E-state index in [0.29, 0.717) is 6.42 Å². The Morgan fingerprint density at radius 3 is 2.58 bits per heavy atom. The van der Waals surface area contributed by atoms with Gasteiger partial charge in [-0.15, -0.1) is 11.8 Å². The van der Waals surface area contributed by atoms with Crippen molar-refractivity contribution in [2.24, 2.45) is 0 Å². The summed E-state index contributed by atoms with van der Waals surface area (Å²) in [5.74, 6) is -0.0141. The number of nitrogens with one attached hydrogen (secondary N) is 1. The molecule has 0 aliphatic heterocycles. The van der Waals surface area contributed by atoms with Crippen LogP contribution in [0.2, 0.25) is 0 Å². The number of para-hydroxylation sites is 2. The highest BCUT2D eigenvalue weighted by Crippen LogP contribution is 2.26. The molecule has 2 aromatic carbocycles. The Bertz CT molecular complexity index is 905. The van der Waals surface area contributed by atoms with Crippen molar-refractivity contribution in [1.29, 1.82) is 0 Å². The Kier molecular flexibility index (Phi) is 4.86. The summed E-state index contributed by atoms with van der Waals surface area (Å²) in [6.45, 7) is 4.04. The van der Waals surface area contributed by atoms with Gasteiger partial charge in [-0.05, 0) is 49.4 Å². The number of benzene rings is 2. The molecule has 1 N–H and O–H groups in total. The molecule has 24 heavy (non-hydrogen) atoms. The number of aromatic nitrogens is 1. The Morgan fingerprint density at radius 1 is 1.08 bits per heavy atom. The van der Waals surface area contributed by atoms with Gasteiger partial charge in [0.1, 0.15) is 0 Å². The lowest BCUT2D eigenvalue weighted by Gasteiger charge is -2.13. The van der Waals surface area contributed by atoms with Crippen LogP contribution in [-0.4, -0.2) is 17.1 Å². The molecule has 3 aromatic rings. The van der Waals surface area contributed by atoms with E-state index in [4.69, 9.17) is 0 Å². The van der Waals surface area contributed by atoms with E-state index >= 15 is 0 Å². The van der Waals surface area contributed by atoms with Crippen LogP contribution in [0, 0.1) is 13.8 Å². The van der Waals surface area contributed by atoms with Crippen molar-refractivity contribution in [3.8, 4) is 0 Å². The number of pyridine rings is 1. The molecule has 0 aliphatic rings. The van der Waals surface area contributed by atoms with Gasteiger partial charge in [-0.3, -0.25) is 9.78 Å². The molecule has 1 amide bonds. The molecule has 0 fully saturated rings. The average molecular weight is 336 g/mol. The molecule has 0 unspecified atom stereocenters. The van der Waals surface area contributed by atoms with Gasteiger partial charge in [-0.1, -0.05) is 30.3 Å². The topological polar surface area (TPSA) is 42.0 Å². The second kappa shape index (κ2) is 7.05. The van der Waals surface area contributed by atoms with Gasteiger partial charge in [-0.2, -0.15) is 0 Å². The van der Waals surface area contributed by atoms with Gasteiger partial charge in [0.15, 0.2) is 0 Å². The predicted octanol–water partition coefficient (Wildman–Crippen LogP) is 4.75. The summed E-state index contributed by atoms with van der Waals surface area (Å²) >= 11 is 1.62. The van der Waals surface area contributed by atoms with Crippen LogP contribution in [-0.2, 0) is 11.2 Å². The second-order valence-corrected chi connectivity index (χ2v) is 6.59. The van der Waals surface area contributed by atoms with Crippen molar-refractivity contribution in [3.05, 3.63) is 65.4 Å². The molecular formula is C20H20N2OS. The van der Waals surface area contributed by atoms with E-state index in [1.54, 1.807) is 11.8 Å². The van der Waals surface area contributed by atoms with E-state index in [1.165, 1.54) is 0 Å². The summed E-state index contributed by atoms with van der Waals surface area (Å²) < 4.78 is 0. The number of carbonyl (C=O) groups is 1. The summed E-state index contributed by atoms with van der Waals surface area (Å²) in [5.41, 5.74) is 4.89. The fourth-order valence-corrected chi connectivity index (χ4v) is 3.49. The minimum Gasteiger partial charge on any atom is -0.325 e. The van der Waals surface area contributed by atoms with E-state index in [9.17, 15) is 4.79 Å². The van der Waals surface area contributed by atoms with Gasteiger partial charge >= 0.3 is 0 Å². The fourth-order valence-electron chi connectivity index (χ4n) is 2.93. The Morgan fingerprint density at radius 2 is 1.79 bits per heavy atom. The van der Waals surface area contributed by atoms with Gasteiger partial charge in [0.2, 0.25) is 5.91 Å². The SMILES string of the molecule is CSc1ccccc1NC(=O)Cc1c(C)nc2ccccc2c1C. The van der Waals surface area contributed by atoms with Crippen molar-refractivity contribution < 1.29 is 4.79 Å². The van der Waals surface area contributed by atoms with E-state index in [0.717, 1.165) is 38.3 Å². The molecule has 0 radical (unpaired) electrons. The van der Waals surface area contributed by atoms with Crippen LogP contribution in [0.25, 0.3) is 10.9 Å². The highest BCUT2D eigenvalue weighted by atomic mass is 32.2. The van der Waals surface area contributed by atoms with Gasteiger partial charge < -0.3 is 5.32 Å². The maximum Gasteiger partial charge on any atom is 0.228 e. The maximum atomic E-state index is 12.5. The zero-order valence-corrected chi connectivity index (χ0v) is 14.9. The molecule has 1 aromatic heterocycles. The van der Waals surface area contributed by atoms with Crippen LogP contribution in [0.5, 0.6) is 0 Å². The van der Waals surface area contributed by atoms with Crippen LogP contribution < -0.4 is 5.32 Å². The normalized spacial score (nSPS) is 10.8. The summed E-state index contributed by atoms with van der Waals surface area (Å²) in [6.07, 6.45) is 2.34. The lowest BCUT2D eigenvalue weighted by atomic mass is 9.99. The van der Waals surface area contributed by atoms with Crippen molar-refractivity contribution in [1.82, 2.24) is 4.98 Å². The van der Waals surface area contributed by atoms with Crippen LogP contribution in [0.4, 0.5) is 5.69 Å². The number of anilines is 1. The summed E-state index contributed by atoms with van der Waals surface area (Å²) in [6, 6.07) is 15.9. The van der Waals surface area contributed by atoms with Crippen molar-refractivity contribution in [3.63, 3.8) is 0 Å². The monoisotopic (exact) mass is 336 g/mol. The maximum absolute atomic E-state index is 12.5. The van der Waals surface area contributed by atoms with E-state index in [-0.39, 0.29) is 5.91 Å². The van der Waals surface area contributed by atoms with Crippen LogP contribution in [0.15, 0.2) is 53.4 Å². The van der Waals surface area contributed by atoms with E-state index in [1.807, 2.05) is 55.6 Å². The number of aryl methyl sites for hydroxylation is 2. The third-order valence-electron chi connectivity index (χ3n) is 4.20. The minimum atomic E-state index is -0.0141. The molecule has 0 atom stereocenters. The summed E-state index contributed by atoms with van der Waals surface area (Å²) in [7, 11) is 0. The first-order valence-electron chi connectivity index (χ1n) is 7.88. The minimum absolute atomic E-state index is 0.0141. The number of carbonyl (C=O) groups excluding carboxylic acids is 1. The van der Waals surface area contributed by atoms with Gasteiger partial charge in [0.05, 0.1) is 17.6 Å². The summed E-state index contributed by atoms with van der Waals surface area (Å²) in [4.78, 5) is 18.3. The van der Waals surface area contributed by atoms with Crippen molar-refractivity contribution >= 4 is 34.3 Å². The van der Waals surface area contributed by atoms with E-state index in [2.05, 4.69) is 23.3 Å². The van der Waals surface area contributed by atoms with Crippen LogP contribution in [0.1, 0.15) is 16.8 Å². The molecule has 1 heterocycles. The Hall–Kier alpha value is -2.33. The molecule has 3 nitrogen and oxygen atoms in total. The van der Waals surface area contributed by atoms with Gasteiger partial charge in [0.25, 0.3) is 0 Å². The first kappa shape index (κ1) is 16.5. The number of hydrogen-bond donors (Lipinski definition) is 1. The Labute approximate surface area is 146 Å². The third-order valence-corrected chi connectivity index (χ3v) is 5.00. The molecule has 3 rings (SSSR count). The third kappa shape index (κ3) is 3.29. The number of hydrogen-bond acceptors (Lipinski definition) is 3. The molecule has 0 aliphatic carbocycles. The summed E-state index contributed by atoms with van der Waals surface area (Å²) in [5, 5.41) is 4.13. The predicted molar refractivity (Wildman–Crippen MR) is 102 cm³/mol. The van der Waals surface area contributed by atoms with E-state index < -0.39 is 0 Å². The molecule has 122 valence electrons. The zero-order chi connectivity index (χ0) is 17.1. The molecule has 0 saturated carbocycles. The second-order valence-electron chi connectivity index (χ2n) is 5.74. The van der Waals surface area contributed by atoms with Crippen LogP contribution in [0.3, 0.4) is 0 Å². The highest BCUT2D eigenvalue weighted by molar-refractivity contribution is 7.98.